The van der Waals surface area contributed by atoms with E-state index in [0.29, 0.717) is 12.5 Å². The average molecular weight is 243 g/mol. The van der Waals surface area contributed by atoms with E-state index in [9.17, 15) is 10.2 Å². The molecule has 2 atom stereocenters. The van der Waals surface area contributed by atoms with Gasteiger partial charge in [-0.3, -0.25) is 0 Å². The molecule has 3 nitrogen and oxygen atoms in total. The first-order valence-corrected chi connectivity index (χ1v) is 6.57. The summed E-state index contributed by atoms with van der Waals surface area (Å²) in [5.74, 6) is 0.545. The Morgan fingerprint density at radius 2 is 2.19 bits per heavy atom. The van der Waals surface area contributed by atoms with Crippen molar-refractivity contribution in [1.29, 1.82) is 0 Å². The summed E-state index contributed by atoms with van der Waals surface area (Å²) in [4.78, 5) is 0.966. The van der Waals surface area contributed by atoms with Crippen LogP contribution >= 0.6 is 11.3 Å². The lowest BCUT2D eigenvalue weighted by molar-refractivity contribution is 0.156. The molecular weight excluding hydrogens is 222 g/mol. The van der Waals surface area contributed by atoms with Gasteiger partial charge in [-0.15, -0.1) is 11.3 Å². The molecule has 1 rings (SSSR count). The maximum atomic E-state index is 9.85. The molecule has 92 valence electrons. The highest BCUT2D eigenvalue weighted by atomic mass is 32.1. The van der Waals surface area contributed by atoms with E-state index in [-0.39, 0.29) is 12.6 Å². The summed E-state index contributed by atoms with van der Waals surface area (Å²) in [6.45, 7) is 4.87. The minimum Gasteiger partial charge on any atom is -0.395 e. The van der Waals surface area contributed by atoms with Gasteiger partial charge in [0.05, 0.1) is 6.61 Å². The van der Waals surface area contributed by atoms with Crippen LogP contribution in [-0.4, -0.2) is 29.4 Å². The van der Waals surface area contributed by atoms with Crippen molar-refractivity contribution in [2.75, 3.05) is 13.2 Å². The summed E-state index contributed by atoms with van der Waals surface area (Å²) >= 11 is 1.55. The van der Waals surface area contributed by atoms with Gasteiger partial charge in [0, 0.05) is 17.5 Å². The van der Waals surface area contributed by atoms with Crippen LogP contribution in [0.1, 0.15) is 31.2 Å². The van der Waals surface area contributed by atoms with Gasteiger partial charge in [-0.2, -0.15) is 0 Å². The fourth-order valence-electron chi connectivity index (χ4n) is 1.65. The fourth-order valence-corrected chi connectivity index (χ4v) is 2.36. The first kappa shape index (κ1) is 13.6. The van der Waals surface area contributed by atoms with Gasteiger partial charge in [0.1, 0.15) is 6.10 Å². The van der Waals surface area contributed by atoms with Crippen molar-refractivity contribution in [3.8, 4) is 0 Å². The summed E-state index contributed by atoms with van der Waals surface area (Å²) in [5.41, 5.74) is 0. The Morgan fingerprint density at radius 1 is 1.44 bits per heavy atom. The lowest BCUT2D eigenvalue weighted by Gasteiger charge is -2.20. The molecule has 1 heterocycles. The highest BCUT2D eigenvalue weighted by Gasteiger charge is 2.13. The first-order valence-electron chi connectivity index (χ1n) is 5.69. The van der Waals surface area contributed by atoms with Gasteiger partial charge in [-0.1, -0.05) is 19.9 Å². The van der Waals surface area contributed by atoms with Crippen LogP contribution in [0.3, 0.4) is 0 Å². The third-order valence-electron chi connectivity index (χ3n) is 2.45. The van der Waals surface area contributed by atoms with E-state index in [1.165, 1.54) is 0 Å². The van der Waals surface area contributed by atoms with Crippen LogP contribution in [0, 0.1) is 5.92 Å². The van der Waals surface area contributed by atoms with E-state index < -0.39 is 6.10 Å². The molecule has 0 aliphatic rings. The largest absolute Gasteiger partial charge is 0.395 e. The predicted octanol–water partition coefficient (Wildman–Crippen LogP) is 1.78. The summed E-state index contributed by atoms with van der Waals surface area (Å²) in [6.07, 6.45) is 0.453. The summed E-state index contributed by atoms with van der Waals surface area (Å²) < 4.78 is 0. The molecule has 0 saturated heterocycles. The van der Waals surface area contributed by atoms with Crippen molar-refractivity contribution >= 4 is 11.3 Å². The number of hydrogen-bond donors (Lipinski definition) is 3. The molecule has 1 aromatic heterocycles. The Balaban J connectivity index is 2.32. The van der Waals surface area contributed by atoms with Gasteiger partial charge in [-0.05, 0) is 23.8 Å². The van der Waals surface area contributed by atoms with Gasteiger partial charge in [-0.25, -0.2) is 0 Å². The van der Waals surface area contributed by atoms with Crippen LogP contribution < -0.4 is 5.32 Å². The van der Waals surface area contributed by atoms with Crippen molar-refractivity contribution in [2.24, 2.45) is 5.92 Å². The van der Waals surface area contributed by atoms with Gasteiger partial charge < -0.3 is 15.5 Å². The van der Waals surface area contributed by atoms with Gasteiger partial charge in [0.15, 0.2) is 0 Å². The predicted molar refractivity (Wildman–Crippen MR) is 67.6 cm³/mol. The van der Waals surface area contributed by atoms with Crippen LogP contribution in [0.25, 0.3) is 0 Å². The molecule has 4 heteroatoms. The van der Waals surface area contributed by atoms with Crippen LogP contribution in [0.15, 0.2) is 17.5 Å². The summed E-state index contributed by atoms with van der Waals surface area (Å²) in [6, 6.07) is 3.93. The van der Waals surface area contributed by atoms with Crippen molar-refractivity contribution in [1.82, 2.24) is 5.32 Å². The van der Waals surface area contributed by atoms with Crippen molar-refractivity contribution in [3.05, 3.63) is 22.4 Å². The monoisotopic (exact) mass is 243 g/mol. The number of rotatable bonds is 7. The number of hydrogen-bond acceptors (Lipinski definition) is 4. The molecule has 1 aromatic rings. The minimum atomic E-state index is -0.471. The SMILES string of the molecule is CC(C)CC(CO)NCC(O)c1cccs1. The highest BCUT2D eigenvalue weighted by molar-refractivity contribution is 7.10. The fraction of sp³-hybridized carbons (Fsp3) is 0.667. The third-order valence-corrected chi connectivity index (χ3v) is 3.42. The molecule has 2 unspecified atom stereocenters. The Labute approximate surface area is 101 Å². The molecule has 3 N–H and O–H groups in total. The van der Waals surface area contributed by atoms with E-state index in [2.05, 4.69) is 19.2 Å². The van der Waals surface area contributed by atoms with Crippen LogP contribution in [0.4, 0.5) is 0 Å². The van der Waals surface area contributed by atoms with E-state index in [1.54, 1.807) is 11.3 Å². The molecule has 0 aliphatic carbocycles. The zero-order chi connectivity index (χ0) is 12.0. The molecule has 0 radical (unpaired) electrons. The molecule has 0 fully saturated rings. The molecule has 0 bridgehead atoms. The van der Waals surface area contributed by atoms with E-state index in [1.807, 2.05) is 17.5 Å². The maximum Gasteiger partial charge on any atom is 0.101 e. The quantitative estimate of drug-likeness (QED) is 0.684. The Morgan fingerprint density at radius 3 is 2.69 bits per heavy atom. The molecular formula is C12H21NO2S. The average Bonchev–Trinajstić information content (AvgIpc) is 2.76. The van der Waals surface area contributed by atoms with Crippen LogP contribution in [0.5, 0.6) is 0 Å². The Kier molecular flexibility index (Phi) is 5.98. The molecule has 16 heavy (non-hydrogen) atoms. The summed E-state index contributed by atoms with van der Waals surface area (Å²) in [7, 11) is 0. The normalized spacial score (nSPS) is 15.3. The standard InChI is InChI=1S/C12H21NO2S/c1-9(2)6-10(8-14)13-7-11(15)12-4-3-5-16-12/h3-5,9-11,13-15H,6-8H2,1-2H3. The Hall–Kier alpha value is -0.420. The molecule has 0 aromatic carbocycles. The zero-order valence-electron chi connectivity index (χ0n) is 9.89. The molecule has 0 aliphatic heterocycles. The minimum absolute atomic E-state index is 0.0783. The number of nitrogens with one attached hydrogen (secondary N) is 1. The first-order chi connectivity index (χ1) is 7.63. The lowest BCUT2D eigenvalue weighted by atomic mass is 10.0. The van der Waals surface area contributed by atoms with Gasteiger partial charge in [0.25, 0.3) is 0 Å². The second-order valence-electron chi connectivity index (χ2n) is 4.45. The van der Waals surface area contributed by atoms with Crippen molar-refractivity contribution < 1.29 is 10.2 Å². The second-order valence-corrected chi connectivity index (χ2v) is 5.43. The third kappa shape index (κ3) is 4.61. The van der Waals surface area contributed by atoms with Crippen molar-refractivity contribution in [3.63, 3.8) is 0 Å². The van der Waals surface area contributed by atoms with E-state index >= 15 is 0 Å². The van der Waals surface area contributed by atoms with Crippen LogP contribution in [-0.2, 0) is 0 Å². The topological polar surface area (TPSA) is 52.5 Å². The second kappa shape index (κ2) is 7.01. The Bertz CT molecular complexity index is 275. The van der Waals surface area contributed by atoms with Crippen LogP contribution in [0.2, 0.25) is 0 Å². The van der Waals surface area contributed by atoms with E-state index in [4.69, 9.17) is 0 Å². The van der Waals surface area contributed by atoms with E-state index in [0.717, 1.165) is 11.3 Å². The maximum absolute atomic E-state index is 9.85. The molecule has 0 spiro atoms. The number of thiophene rings is 1. The molecule has 0 saturated carbocycles. The zero-order valence-corrected chi connectivity index (χ0v) is 10.7. The lowest BCUT2D eigenvalue weighted by Crippen LogP contribution is -2.36. The van der Waals surface area contributed by atoms with Gasteiger partial charge in [0.2, 0.25) is 0 Å². The number of aliphatic hydroxyl groups excluding tert-OH is 2. The number of aliphatic hydroxyl groups is 2. The van der Waals surface area contributed by atoms with Crippen molar-refractivity contribution in [2.45, 2.75) is 32.4 Å². The smallest absolute Gasteiger partial charge is 0.101 e. The summed E-state index contributed by atoms with van der Waals surface area (Å²) in [5, 5.41) is 24.2. The van der Waals surface area contributed by atoms with Gasteiger partial charge >= 0.3 is 0 Å². The molecule has 0 amide bonds. The highest BCUT2D eigenvalue weighted by Crippen LogP contribution is 2.18.